The molecule has 0 spiro atoms. The summed E-state index contributed by atoms with van der Waals surface area (Å²) < 4.78 is 32.9. The van der Waals surface area contributed by atoms with E-state index in [9.17, 15) is 19.0 Å². The number of nitrogens with two attached hydrogens (primary N) is 1. The fourth-order valence-electron chi connectivity index (χ4n) is 6.75. The van der Waals surface area contributed by atoms with Crippen molar-refractivity contribution < 1.29 is 37.6 Å². The molecule has 368 valence electrons. The number of phosphoric acid groups is 1. The van der Waals surface area contributed by atoms with Crippen molar-refractivity contribution in [1.82, 2.24) is 0 Å². The number of carbonyl (C=O) groups excluding carboxylic acids is 2. The van der Waals surface area contributed by atoms with Gasteiger partial charge in [-0.3, -0.25) is 18.6 Å². The molecule has 0 aromatic heterocycles. The van der Waals surface area contributed by atoms with Gasteiger partial charge in [0.15, 0.2) is 6.10 Å². The monoisotopic (exact) mass is 916 g/mol. The Morgan fingerprint density at radius 3 is 1.30 bits per heavy atom. The van der Waals surface area contributed by atoms with E-state index in [1.54, 1.807) is 0 Å². The molecular formula is C54H94NO8P. The maximum absolute atomic E-state index is 12.7. The number of phosphoric ester groups is 1. The molecule has 64 heavy (non-hydrogen) atoms. The normalized spacial score (nSPS) is 13.9. The van der Waals surface area contributed by atoms with E-state index in [-0.39, 0.29) is 32.6 Å². The average molecular weight is 916 g/mol. The van der Waals surface area contributed by atoms with Crippen LogP contribution in [0.2, 0.25) is 0 Å². The Kier molecular flexibility index (Phi) is 47.4. The predicted molar refractivity (Wildman–Crippen MR) is 270 cm³/mol. The van der Waals surface area contributed by atoms with Gasteiger partial charge in [-0.15, -0.1) is 0 Å². The highest BCUT2D eigenvalue weighted by molar-refractivity contribution is 7.47. The van der Waals surface area contributed by atoms with Gasteiger partial charge in [-0.1, -0.05) is 195 Å². The van der Waals surface area contributed by atoms with Gasteiger partial charge < -0.3 is 20.1 Å². The molecule has 0 aromatic carbocycles. The molecule has 0 saturated heterocycles. The SMILES string of the molecule is CC/C=C\C/C=C\C/C=C\C/C=C\C/C=C\C/C=C\CCCCCCCCCCCCC(=O)OC(COC(=O)CCCCCCC/C=C\CCCCCCC)COP(=O)(O)OCCN. The fraction of sp³-hybridized carbons (Fsp3) is 0.704. The summed E-state index contributed by atoms with van der Waals surface area (Å²) in [6.07, 6.45) is 63.4. The van der Waals surface area contributed by atoms with Crippen LogP contribution in [0.1, 0.15) is 213 Å². The number of esters is 2. The molecule has 0 aliphatic carbocycles. The van der Waals surface area contributed by atoms with Crippen LogP contribution >= 0.6 is 7.82 Å². The molecule has 0 saturated carbocycles. The standard InChI is InChI=1S/C54H94NO8P/c1-3-5-7-9-11-13-15-17-19-20-21-22-23-24-25-26-27-28-29-30-31-32-33-35-37-39-41-43-45-47-54(57)63-52(51-62-64(58,59)61-49-48-55)50-60-53(56)46-44-42-40-38-36-34-18-16-14-12-10-8-6-4-2/h5,7,11,13,16-19,21-22,24-25,27-28,52H,3-4,6,8-10,12,14-15,20,23,26,29-51,55H2,1-2H3,(H,58,59)/b7-5-,13-11-,18-16-,19-17-,22-21-,25-24-,28-27-. The molecular weight excluding hydrogens is 822 g/mol. The van der Waals surface area contributed by atoms with Crippen LogP contribution < -0.4 is 5.73 Å². The Morgan fingerprint density at radius 1 is 0.484 bits per heavy atom. The van der Waals surface area contributed by atoms with E-state index >= 15 is 0 Å². The zero-order chi connectivity index (χ0) is 46.7. The fourth-order valence-corrected chi connectivity index (χ4v) is 7.52. The first-order chi connectivity index (χ1) is 31.3. The Bertz CT molecular complexity index is 1320. The van der Waals surface area contributed by atoms with Crippen molar-refractivity contribution in [2.24, 2.45) is 5.73 Å². The van der Waals surface area contributed by atoms with Crippen LogP contribution in [0.25, 0.3) is 0 Å². The van der Waals surface area contributed by atoms with Gasteiger partial charge in [-0.05, 0) is 89.9 Å². The summed E-state index contributed by atoms with van der Waals surface area (Å²) in [5, 5.41) is 0. The van der Waals surface area contributed by atoms with Gasteiger partial charge in [-0.2, -0.15) is 0 Å². The van der Waals surface area contributed by atoms with E-state index in [2.05, 4.69) is 98.9 Å². The molecule has 9 nitrogen and oxygen atoms in total. The average Bonchev–Trinajstić information content (AvgIpc) is 3.28. The molecule has 0 bridgehead atoms. The molecule has 0 rings (SSSR count). The molecule has 2 atom stereocenters. The van der Waals surface area contributed by atoms with E-state index in [1.807, 2.05) is 0 Å². The predicted octanol–water partition coefficient (Wildman–Crippen LogP) is 15.6. The van der Waals surface area contributed by atoms with Gasteiger partial charge in [0.2, 0.25) is 0 Å². The van der Waals surface area contributed by atoms with Crippen molar-refractivity contribution >= 4 is 19.8 Å². The molecule has 0 fully saturated rings. The van der Waals surface area contributed by atoms with Crippen molar-refractivity contribution in [2.75, 3.05) is 26.4 Å². The minimum absolute atomic E-state index is 0.0482. The van der Waals surface area contributed by atoms with E-state index < -0.39 is 32.5 Å². The quantitative estimate of drug-likeness (QED) is 0.0265. The molecule has 0 aromatic rings. The summed E-state index contributed by atoms with van der Waals surface area (Å²) in [6.45, 7) is 3.60. The first-order valence-corrected chi connectivity index (χ1v) is 27.1. The highest BCUT2D eigenvalue weighted by atomic mass is 31.2. The molecule has 10 heteroatoms. The number of allylic oxidation sites excluding steroid dienone is 14. The summed E-state index contributed by atoms with van der Waals surface area (Å²) in [5.41, 5.74) is 5.36. The second-order valence-electron chi connectivity index (χ2n) is 16.7. The summed E-state index contributed by atoms with van der Waals surface area (Å²) in [6, 6.07) is 0. The lowest BCUT2D eigenvalue weighted by molar-refractivity contribution is -0.161. The minimum Gasteiger partial charge on any atom is -0.462 e. The summed E-state index contributed by atoms with van der Waals surface area (Å²) in [7, 11) is -4.39. The van der Waals surface area contributed by atoms with Crippen LogP contribution in [-0.2, 0) is 32.7 Å². The lowest BCUT2D eigenvalue weighted by atomic mass is 10.0. The Hall–Kier alpha value is -2.81. The van der Waals surface area contributed by atoms with E-state index in [0.717, 1.165) is 103 Å². The largest absolute Gasteiger partial charge is 0.472 e. The van der Waals surface area contributed by atoms with Crippen molar-refractivity contribution in [3.05, 3.63) is 85.1 Å². The maximum atomic E-state index is 12.7. The van der Waals surface area contributed by atoms with Crippen molar-refractivity contribution in [3.63, 3.8) is 0 Å². The first kappa shape index (κ1) is 61.2. The van der Waals surface area contributed by atoms with E-state index in [0.29, 0.717) is 6.42 Å². The molecule has 0 aliphatic rings. The lowest BCUT2D eigenvalue weighted by Gasteiger charge is -2.19. The summed E-state index contributed by atoms with van der Waals surface area (Å²) in [4.78, 5) is 35.0. The molecule has 0 heterocycles. The van der Waals surface area contributed by atoms with Crippen LogP contribution in [0, 0.1) is 0 Å². The van der Waals surface area contributed by atoms with E-state index in [4.69, 9.17) is 24.3 Å². The van der Waals surface area contributed by atoms with Crippen LogP contribution in [-0.4, -0.2) is 49.3 Å². The van der Waals surface area contributed by atoms with Crippen LogP contribution in [0.15, 0.2) is 85.1 Å². The number of carbonyl (C=O) groups is 2. The van der Waals surface area contributed by atoms with Gasteiger partial charge in [0.05, 0.1) is 13.2 Å². The molecule has 0 amide bonds. The van der Waals surface area contributed by atoms with E-state index in [1.165, 1.54) is 77.0 Å². The summed E-state index contributed by atoms with van der Waals surface area (Å²) >= 11 is 0. The van der Waals surface area contributed by atoms with Crippen LogP contribution in [0.5, 0.6) is 0 Å². The van der Waals surface area contributed by atoms with Crippen LogP contribution in [0.4, 0.5) is 0 Å². The number of unbranched alkanes of at least 4 members (excludes halogenated alkanes) is 20. The first-order valence-electron chi connectivity index (χ1n) is 25.6. The highest BCUT2D eigenvalue weighted by Gasteiger charge is 2.26. The number of hydrogen-bond donors (Lipinski definition) is 2. The minimum atomic E-state index is -4.39. The third-order valence-electron chi connectivity index (χ3n) is 10.5. The smallest absolute Gasteiger partial charge is 0.462 e. The van der Waals surface area contributed by atoms with Crippen molar-refractivity contribution in [2.45, 2.75) is 219 Å². The Labute approximate surface area is 392 Å². The highest BCUT2D eigenvalue weighted by Crippen LogP contribution is 2.43. The van der Waals surface area contributed by atoms with Crippen molar-refractivity contribution in [3.8, 4) is 0 Å². The second kappa shape index (κ2) is 49.6. The van der Waals surface area contributed by atoms with Gasteiger partial charge in [0.1, 0.15) is 6.61 Å². The topological polar surface area (TPSA) is 134 Å². The Balaban J connectivity index is 4.04. The maximum Gasteiger partial charge on any atom is 0.472 e. The third-order valence-corrected chi connectivity index (χ3v) is 11.5. The molecule has 0 aliphatic heterocycles. The number of hydrogen-bond acceptors (Lipinski definition) is 8. The number of rotatable bonds is 47. The zero-order valence-electron chi connectivity index (χ0n) is 40.7. The van der Waals surface area contributed by atoms with Gasteiger partial charge in [0, 0.05) is 19.4 Å². The zero-order valence-corrected chi connectivity index (χ0v) is 41.6. The Morgan fingerprint density at radius 2 is 0.859 bits per heavy atom. The summed E-state index contributed by atoms with van der Waals surface area (Å²) in [5.74, 6) is -0.846. The third kappa shape index (κ3) is 48.6. The van der Waals surface area contributed by atoms with Crippen molar-refractivity contribution in [1.29, 1.82) is 0 Å². The van der Waals surface area contributed by atoms with Crippen LogP contribution in [0.3, 0.4) is 0 Å². The van der Waals surface area contributed by atoms with Gasteiger partial charge >= 0.3 is 19.8 Å². The molecule has 2 unspecified atom stereocenters. The molecule has 3 N–H and O–H groups in total. The van der Waals surface area contributed by atoms with Gasteiger partial charge in [-0.25, -0.2) is 4.57 Å². The second-order valence-corrected chi connectivity index (χ2v) is 18.1. The molecule has 0 radical (unpaired) electrons. The lowest BCUT2D eigenvalue weighted by Crippen LogP contribution is -2.29. The van der Waals surface area contributed by atoms with Gasteiger partial charge in [0.25, 0.3) is 0 Å². The number of ether oxygens (including phenoxy) is 2.